The number of nitrogens with zero attached hydrogens (tertiary/aromatic N) is 3. The number of carbonyl (C=O) groups excluding carboxylic acids is 1. The summed E-state index contributed by atoms with van der Waals surface area (Å²) in [7, 11) is 0. The third-order valence-electron chi connectivity index (χ3n) is 6.17. The zero-order valence-electron chi connectivity index (χ0n) is 17.9. The van der Waals surface area contributed by atoms with Gasteiger partial charge in [-0.15, -0.1) is 11.3 Å². The first kappa shape index (κ1) is 20.6. The van der Waals surface area contributed by atoms with Crippen molar-refractivity contribution < 1.29 is 4.79 Å². The van der Waals surface area contributed by atoms with Gasteiger partial charge in [-0.3, -0.25) is 14.8 Å². The zero-order chi connectivity index (χ0) is 21.9. The summed E-state index contributed by atoms with van der Waals surface area (Å²) in [6.45, 7) is 0.555. The maximum atomic E-state index is 13.7. The number of thiophene rings is 1. The maximum Gasteiger partial charge on any atom is 0.270 e. The summed E-state index contributed by atoms with van der Waals surface area (Å²) in [6, 6.07) is 13.8. The van der Waals surface area contributed by atoms with Crippen LogP contribution in [0.4, 0.5) is 11.4 Å². The molecule has 162 valence electrons. The normalized spacial score (nSPS) is 17.2. The SMILES string of the molecule is Nc1c(C(=O)N(CC=C2CCCC2)c2ccccc2)sc2c1=CCC(c1cccnc1)N=2. The van der Waals surface area contributed by atoms with E-state index in [-0.39, 0.29) is 11.9 Å². The van der Waals surface area contributed by atoms with Crippen molar-refractivity contribution in [3.8, 4) is 0 Å². The highest BCUT2D eigenvalue weighted by Gasteiger charge is 2.24. The average Bonchev–Trinajstić information content (AvgIpc) is 3.48. The Morgan fingerprint density at radius 3 is 2.72 bits per heavy atom. The van der Waals surface area contributed by atoms with Crippen molar-refractivity contribution in [2.24, 2.45) is 4.99 Å². The van der Waals surface area contributed by atoms with Crippen LogP contribution in [0.5, 0.6) is 0 Å². The molecule has 1 atom stereocenters. The average molecular weight is 443 g/mol. The number of aromatic nitrogens is 1. The Labute approximate surface area is 191 Å². The molecule has 1 aliphatic carbocycles. The highest BCUT2D eigenvalue weighted by atomic mass is 32.1. The van der Waals surface area contributed by atoms with E-state index in [9.17, 15) is 4.79 Å². The minimum atomic E-state index is -0.0653. The van der Waals surface area contributed by atoms with E-state index in [1.807, 2.05) is 53.6 Å². The molecule has 1 unspecified atom stereocenters. The van der Waals surface area contributed by atoms with Crippen LogP contribution < -0.4 is 20.5 Å². The van der Waals surface area contributed by atoms with E-state index in [2.05, 4.69) is 17.1 Å². The van der Waals surface area contributed by atoms with Crippen LogP contribution in [-0.2, 0) is 0 Å². The number of amides is 1. The van der Waals surface area contributed by atoms with Crippen molar-refractivity contribution in [2.75, 3.05) is 17.2 Å². The van der Waals surface area contributed by atoms with Gasteiger partial charge in [0.05, 0.1) is 11.7 Å². The molecular formula is C26H26N4OS. The van der Waals surface area contributed by atoms with Crippen LogP contribution in [-0.4, -0.2) is 17.4 Å². The standard InChI is InChI=1S/C26H26N4OS/c27-23-21-12-13-22(19-9-6-15-28-17-19)29-25(21)32-24(23)26(31)30(20-10-2-1-3-11-20)16-14-18-7-4-5-8-18/h1-3,6,9-12,14-15,17,22H,4-5,7-8,13,16,27H2. The second-order valence-electron chi connectivity index (χ2n) is 8.26. The second-order valence-corrected chi connectivity index (χ2v) is 9.25. The van der Waals surface area contributed by atoms with Gasteiger partial charge in [-0.25, -0.2) is 0 Å². The third kappa shape index (κ3) is 4.10. The number of benzene rings is 1. The van der Waals surface area contributed by atoms with E-state index >= 15 is 0 Å². The number of carbonyl (C=O) groups is 1. The molecule has 1 aliphatic heterocycles. The lowest BCUT2D eigenvalue weighted by atomic mass is 10.0. The molecule has 1 saturated carbocycles. The first-order valence-electron chi connectivity index (χ1n) is 11.1. The van der Waals surface area contributed by atoms with Crippen LogP contribution in [0.25, 0.3) is 6.08 Å². The molecule has 0 radical (unpaired) electrons. The molecule has 5 rings (SSSR count). The fourth-order valence-electron chi connectivity index (χ4n) is 4.39. The van der Waals surface area contributed by atoms with Gasteiger partial charge in [0, 0.05) is 29.8 Å². The molecule has 6 heteroatoms. The third-order valence-corrected chi connectivity index (χ3v) is 7.28. The van der Waals surface area contributed by atoms with Crippen LogP contribution in [0.1, 0.15) is 53.4 Å². The number of nitrogen functional groups attached to an aromatic ring is 1. The fourth-order valence-corrected chi connectivity index (χ4v) is 5.49. The van der Waals surface area contributed by atoms with Crippen molar-refractivity contribution in [3.63, 3.8) is 0 Å². The smallest absolute Gasteiger partial charge is 0.270 e. The number of hydrogen-bond acceptors (Lipinski definition) is 5. The molecule has 1 aromatic carbocycles. The molecule has 2 aromatic heterocycles. The Morgan fingerprint density at radius 1 is 1.16 bits per heavy atom. The van der Waals surface area contributed by atoms with Gasteiger partial charge in [-0.2, -0.15) is 0 Å². The molecule has 32 heavy (non-hydrogen) atoms. The number of anilines is 2. The first-order chi connectivity index (χ1) is 15.7. The Morgan fingerprint density at radius 2 is 1.97 bits per heavy atom. The Balaban J connectivity index is 1.50. The Kier molecular flexibility index (Phi) is 5.86. The highest BCUT2D eigenvalue weighted by Crippen LogP contribution is 2.27. The van der Waals surface area contributed by atoms with Gasteiger partial charge in [0.25, 0.3) is 5.91 Å². The number of allylic oxidation sites excluding steroid dienone is 1. The maximum absolute atomic E-state index is 13.7. The number of nitrogens with two attached hydrogens (primary N) is 1. The van der Waals surface area contributed by atoms with Gasteiger partial charge in [0.15, 0.2) is 0 Å². The van der Waals surface area contributed by atoms with Crippen molar-refractivity contribution in [1.82, 2.24) is 4.98 Å². The largest absolute Gasteiger partial charge is 0.397 e. The van der Waals surface area contributed by atoms with Gasteiger partial charge >= 0.3 is 0 Å². The molecule has 2 N–H and O–H groups in total. The van der Waals surface area contributed by atoms with Crippen LogP contribution in [0, 0.1) is 0 Å². The lowest BCUT2D eigenvalue weighted by Gasteiger charge is -2.21. The molecule has 0 spiro atoms. The minimum Gasteiger partial charge on any atom is -0.397 e. The van der Waals surface area contributed by atoms with E-state index in [1.54, 1.807) is 6.20 Å². The highest BCUT2D eigenvalue weighted by molar-refractivity contribution is 7.12. The second kappa shape index (κ2) is 9.09. The number of para-hydroxylation sites is 1. The van der Waals surface area contributed by atoms with Gasteiger partial charge in [0.2, 0.25) is 0 Å². The molecule has 0 bridgehead atoms. The van der Waals surface area contributed by atoms with Gasteiger partial charge in [-0.1, -0.05) is 42.0 Å². The lowest BCUT2D eigenvalue weighted by molar-refractivity contribution is 0.0994. The van der Waals surface area contributed by atoms with E-state index in [0.29, 0.717) is 17.1 Å². The Hall–Kier alpha value is -3.25. The lowest BCUT2D eigenvalue weighted by Crippen LogP contribution is -2.31. The molecule has 3 heterocycles. The van der Waals surface area contributed by atoms with E-state index in [1.165, 1.54) is 29.8 Å². The van der Waals surface area contributed by atoms with Crippen LogP contribution in [0.3, 0.4) is 0 Å². The topological polar surface area (TPSA) is 71.6 Å². The van der Waals surface area contributed by atoms with Gasteiger partial charge in [0.1, 0.15) is 9.55 Å². The summed E-state index contributed by atoms with van der Waals surface area (Å²) in [4.78, 5) is 25.2. The van der Waals surface area contributed by atoms with Crippen LogP contribution in [0.2, 0.25) is 0 Å². The van der Waals surface area contributed by atoms with Crippen molar-refractivity contribution >= 4 is 34.7 Å². The number of fused-ring (bicyclic) bond motifs is 1. The van der Waals surface area contributed by atoms with Crippen molar-refractivity contribution in [3.05, 3.63) is 86.8 Å². The van der Waals surface area contributed by atoms with E-state index in [0.717, 1.165) is 40.4 Å². The predicted molar refractivity (Wildman–Crippen MR) is 130 cm³/mol. The molecule has 3 aromatic rings. The van der Waals surface area contributed by atoms with Crippen molar-refractivity contribution in [2.45, 2.75) is 38.1 Å². The summed E-state index contributed by atoms with van der Waals surface area (Å²) in [5.41, 5.74) is 10.4. The van der Waals surface area contributed by atoms with Gasteiger partial charge < -0.3 is 10.6 Å². The molecule has 5 nitrogen and oxygen atoms in total. The number of pyridine rings is 1. The van der Waals surface area contributed by atoms with Gasteiger partial charge in [-0.05, 0) is 55.9 Å². The molecule has 1 fully saturated rings. The first-order valence-corrected chi connectivity index (χ1v) is 11.9. The monoisotopic (exact) mass is 442 g/mol. The summed E-state index contributed by atoms with van der Waals surface area (Å²) in [5.74, 6) is -0.0653. The number of rotatable bonds is 5. The Bertz CT molecular complexity index is 1260. The summed E-state index contributed by atoms with van der Waals surface area (Å²) < 4.78 is 0.827. The van der Waals surface area contributed by atoms with Crippen LogP contribution in [0.15, 0.2) is 71.5 Å². The quantitative estimate of drug-likeness (QED) is 0.595. The zero-order valence-corrected chi connectivity index (χ0v) is 18.7. The van der Waals surface area contributed by atoms with E-state index < -0.39 is 0 Å². The van der Waals surface area contributed by atoms with Crippen LogP contribution >= 0.6 is 11.3 Å². The molecule has 2 aliphatic rings. The molecular weight excluding hydrogens is 416 g/mol. The fraction of sp³-hybridized carbons (Fsp3) is 0.269. The minimum absolute atomic E-state index is 0.00882. The predicted octanol–water partition coefficient (Wildman–Crippen LogP) is 4.42. The molecule has 0 saturated heterocycles. The number of hydrogen-bond donors (Lipinski definition) is 1. The van der Waals surface area contributed by atoms with E-state index in [4.69, 9.17) is 10.7 Å². The summed E-state index contributed by atoms with van der Waals surface area (Å²) in [6.07, 6.45) is 13.4. The molecule has 1 amide bonds. The summed E-state index contributed by atoms with van der Waals surface area (Å²) in [5, 5.41) is 0.889. The summed E-state index contributed by atoms with van der Waals surface area (Å²) >= 11 is 1.39. The van der Waals surface area contributed by atoms with Crippen molar-refractivity contribution in [1.29, 1.82) is 0 Å².